The minimum absolute atomic E-state index is 0.0173. The molecule has 37 nitrogen and oxygen atoms in total. The fourth-order valence-corrected chi connectivity index (χ4v) is 14.9. The van der Waals surface area contributed by atoms with Crippen molar-refractivity contribution in [2.75, 3.05) is 26.2 Å². The number of likely N-dealkylation sites (tertiary alicyclic amines) is 2. The number of unbranched alkanes of at least 4 members (excludes halogenated alkanes) is 1. The summed E-state index contributed by atoms with van der Waals surface area (Å²) in [5.41, 5.74) is 14.5. The summed E-state index contributed by atoms with van der Waals surface area (Å²) < 4.78 is 0. The molecule has 37 heteroatoms. The lowest BCUT2D eigenvalue weighted by Crippen LogP contribution is -2.62. The summed E-state index contributed by atoms with van der Waals surface area (Å²) in [5, 5.41) is 82.0. The third-order valence-corrected chi connectivity index (χ3v) is 21.2. The van der Waals surface area contributed by atoms with E-state index in [0.29, 0.717) is 46.0 Å². The van der Waals surface area contributed by atoms with Gasteiger partial charge in [-0.15, -0.1) is 0 Å². The first-order valence-electron chi connectivity index (χ1n) is 41.3. The first-order valence-corrected chi connectivity index (χ1v) is 41.3. The zero-order valence-corrected chi connectivity index (χ0v) is 70.2. The maximum absolute atomic E-state index is 15.0. The number of carbonyl (C=O) groups is 15. The monoisotopic (exact) mass is 1690 g/mol. The number of nitrogens with one attached hydrogen (secondary N) is 13. The smallest absolute Gasteiger partial charge is 0.326 e. The second-order valence-electron chi connectivity index (χ2n) is 33.0. The first-order chi connectivity index (χ1) is 57.3. The molecule has 662 valence electrons. The van der Waals surface area contributed by atoms with Crippen LogP contribution >= 0.6 is 0 Å². The summed E-state index contributed by atoms with van der Waals surface area (Å²) in [6, 6.07) is -0.629. The molecule has 15 atom stereocenters. The topological polar surface area (TPSA) is 580 Å². The van der Waals surface area contributed by atoms with E-state index in [1.54, 1.807) is 84.3 Å². The number of aliphatic hydroxyl groups excluding tert-OH is 2. The van der Waals surface area contributed by atoms with Crippen LogP contribution < -0.4 is 70.0 Å². The number of H-pyrrole nitrogens is 2. The molecule has 13 amide bonds. The van der Waals surface area contributed by atoms with Crippen molar-refractivity contribution in [2.45, 2.75) is 250 Å². The van der Waals surface area contributed by atoms with Crippen molar-refractivity contribution in [3.05, 3.63) is 102 Å². The third-order valence-electron chi connectivity index (χ3n) is 21.2. The molecule has 22 N–H and O–H groups in total. The number of hydrogen-bond donors (Lipinski definition) is 20. The predicted octanol–water partition coefficient (Wildman–Crippen LogP) is -0.0996. The van der Waals surface area contributed by atoms with Gasteiger partial charge in [0.15, 0.2) is 0 Å². The van der Waals surface area contributed by atoms with Crippen LogP contribution in [0.5, 0.6) is 5.75 Å². The number of carbonyl (C=O) groups excluding carboxylic acids is 13. The number of benzene rings is 3. The van der Waals surface area contributed by atoms with Crippen LogP contribution in [-0.4, -0.2) is 251 Å². The number of phenolic OH excluding ortho intramolecular Hbond substituents is 1. The zero-order chi connectivity index (χ0) is 89.2. The molecule has 2 saturated heterocycles. The van der Waals surface area contributed by atoms with Gasteiger partial charge in [0.25, 0.3) is 0 Å². The average molecular weight is 1690 g/mol. The van der Waals surface area contributed by atoms with E-state index in [9.17, 15) is 97.5 Å². The Hall–Kier alpha value is -11.6. The molecule has 2 aliphatic heterocycles. The number of phenols is 1. The van der Waals surface area contributed by atoms with E-state index in [-0.39, 0.29) is 114 Å². The van der Waals surface area contributed by atoms with Gasteiger partial charge < -0.3 is 115 Å². The Bertz CT molecular complexity index is 4450. The molecule has 0 bridgehead atoms. The number of para-hydroxylation sites is 2. The lowest BCUT2D eigenvalue weighted by molar-refractivity contribution is -0.146. The summed E-state index contributed by atoms with van der Waals surface area (Å²) in [4.78, 5) is 222. The van der Waals surface area contributed by atoms with Gasteiger partial charge in [-0.05, 0) is 149 Å². The van der Waals surface area contributed by atoms with Gasteiger partial charge in [0.1, 0.15) is 84.3 Å². The van der Waals surface area contributed by atoms with Crippen LogP contribution in [0.2, 0.25) is 0 Å². The Labute approximate surface area is 702 Å². The maximum Gasteiger partial charge on any atom is 0.326 e. The summed E-state index contributed by atoms with van der Waals surface area (Å²) in [6.07, 6.45) is 1.07. The van der Waals surface area contributed by atoms with Crippen molar-refractivity contribution in [3.63, 3.8) is 0 Å². The Kier molecular flexibility index (Phi) is 36.5. The van der Waals surface area contributed by atoms with E-state index in [1.165, 1.54) is 43.0 Å². The summed E-state index contributed by atoms with van der Waals surface area (Å²) in [5.74, 6) is -16.0. The van der Waals surface area contributed by atoms with E-state index < -0.39 is 198 Å². The number of aromatic amines is 2. The largest absolute Gasteiger partial charge is 0.508 e. The third kappa shape index (κ3) is 28.0. The van der Waals surface area contributed by atoms with Gasteiger partial charge in [-0.2, -0.15) is 0 Å². The highest BCUT2D eigenvalue weighted by Gasteiger charge is 2.44. The SMILES string of the molecule is CC(C)C[C@H](NC(=O)[C@H](CCCCN)NC(=O)[C@@H](NC(=O)[C@H](CC(C)C)NC(=O)[C@@H]1CCCN1C(=O)[C@H](CC(=O)O)NC(=O)[C@H](Cc1ccc(O)cc1)NC(=O)[C@H](Cc1c[nH]c2ccccc12)NC(=O)[C@H](CO)NC(=O)[C@H](C)N)[C@@H](C)O)C(=O)N[C@@H](Cc1c[nH]c2ccccc12)C(=O)N[C@@H](CC(C)C)C(=O)N1CCC[C@H]1C(=O)N[C@H](C(=O)O)C(C)C. The van der Waals surface area contributed by atoms with Crippen molar-refractivity contribution >= 4 is 111 Å². The standard InChI is InChI=1S/C84H121N17O20/c1-43(2)33-58(73(109)92-62(38-51-41-88-56-22-14-12-20-54(51)56)76(112)95-63(35-45(5)6)82(118)101-32-18-25-67(101)80(116)98-69(46(7)8)84(120)121)90-72(108)57(23-15-16-30-85)89-81(117)70(48(10)103)99-77(113)59(34-44(3)4)94-79(115)66-24-17-31-100(66)83(119)64(39-68(105)106)96-74(110)60(36-49-26-28-52(104)29-27-49)91-75(111)61(37-50-40-87-55-21-13-11-19-53(50)55)93-78(114)65(42-102)97-71(107)47(9)86/h11-14,19-22,26-29,40-41,43-48,57-67,69-70,87-88,102-104H,15-18,23-25,30-39,42,85-86H2,1-10H3,(H,89,117)(H,90,108)(H,91,111)(H,92,109)(H,93,114)(H,94,115)(H,95,112)(H,96,110)(H,97,107)(H,98,116)(H,99,113)(H,105,106)(H,120,121)/t47-,48+,57-,58-,59-,60-,61-,62-,63-,64-,65-,66-,67-,69-,70-/m0/s1. The van der Waals surface area contributed by atoms with Crippen LogP contribution in [0.25, 0.3) is 21.8 Å². The average Bonchev–Trinajstić information content (AvgIpc) is 1.72. The summed E-state index contributed by atoms with van der Waals surface area (Å²) in [7, 11) is 0. The number of aliphatic hydroxyl groups is 2. The highest BCUT2D eigenvalue weighted by molar-refractivity contribution is 6.02. The lowest BCUT2D eigenvalue weighted by atomic mass is 9.98. The van der Waals surface area contributed by atoms with E-state index in [0.717, 1.165) is 10.3 Å². The normalized spacial score (nSPS) is 17.3. The highest BCUT2D eigenvalue weighted by Crippen LogP contribution is 2.27. The maximum atomic E-state index is 15.0. The van der Waals surface area contributed by atoms with E-state index in [4.69, 9.17) is 11.5 Å². The second kappa shape index (κ2) is 45.7. The molecule has 2 aromatic heterocycles. The van der Waals surface area contributed by atoms with Crippen LogP contribution in [0.4, 0.5) is 0 Å². The fraction of sp³-hybridized carbons (Fsp3) is 0.560. The molecule has 0 radical (unpaired) electrons. The van der Waals surface area contributed by atoms with Gasteiger partial charge >= 0.3 is 11.9 Å². The number of fused-ring (bicyclic) bond motifs is 2. The van der Waals surface area contributed by atoms with Gasteiger partial charge in [-0.1, -0.05) is 104 Å². The van der Waals surface area contributed by atoms with Crippen molar-refractivity contribution in [1.82, 2.24) is 78.3 Å². The Morgan fingerprint density at radius 3 is 1.32 bits per heavy atom. The number of carboxylic acids is 2. The molecule has 5 aromatic rings. The van der Waals surface area contributed by atoms with Crippen molar-refractivity contribution in [3.8, 4) is 5.75 Å². The fourth-order valence-electron chi connectivity index (χ4n) is 14.9. The van der Waals surface area contributed by atoms with Gasteiger partial charge in [-0.25, -0.2) is 4.79 Å². The molecule has 121 heavy (non-hydrogen) atoms. The molecule has 0 saturated carbocycles. The minimum Gasteiger partial charge on any atom is -0.508 e. The number of aliphatic carboxylic acids is 2. The molecule has 0 aliphatic carbocycles. The number of rotatable bonds is 46. The number of amides is 13. The van der Waals surface area contributed by atoms with Gasteiger partial charge in [0.05, 0.1) is 25.2 Å². The van der Waals surface area contributed by atoms with Gasteiger partial charge in [-0.3, -0.25) is 67.1 Å². The van der Waals surface area contributed by atoms with Crippen molar-refractivity contribution in [2.24, 2.45) is 35.1 Å². The Morgan fingerprint density at radius 1 is 0.455 bits per heavy atom. The number of aromatic nitrogens is 2. The zero-order valence-electron chi connectivity index (χ0n) is 70.2. The quantitative estimate of drug-likeness (QED) is 0.0226. The van der Waals surface area contributed by atoms with E-state index in [1.807, 2.05) is 32.0 Å². The predicted molar refractivity (Wildman–Crippen MR) is 445 cm³/mol. The molecule has 0 unspecified atom stereocenters. The molecular weight excluding hydrogens is 1570 g/mol. The van der Waals surface area contributed by atoms with Crippen LogP contribution in [-0.2, 0) is 91.2 Å². The Balaban J connectivity index is 1.08. The summed E-state index contributed by atoms with van der Waals surface area (Å²) in [6.45, 7) is 15.7. The Morgan fingerprint density at radius 2 is 0.860 bits per heavy atom. The lowest BCUT2D eigenvalue weighted by Gasteiger charge is -2.32. The van der Waals surface area contributed by atoms with Crippen LogP contribution in [0.1, 0.15) is 157 Å². The number of carboxylic acid groups (broad SMARTS) is 2. The number of nitrogens with two attached hydrogens (primary N) is 2. The second-order valence-corrected chi connectivity index (χ2v) is 33.0. The number of hydrogen-bond acceptors (Lipinski definition) is 20. The molecular formula is C84H121N17O20. The molecule has 2 aliphatic rings. The van der Waals surface area contributed by atoms with E-state index in [2.05, 4.69) is 68.5 Å². The van der Waals surface area contributed by atoms with Crippen LogP contribution in [0.15, 0.2) is 85.2 Å². The van der Waals surface area contributed by atoms with Crippen molar-refractivity contribution in [1.29, 1.82) is 0 Å². The number of aromatic hydroxyl groups is 1. The molecule has 4 heterocycles. The highest BCUT2D eigenvalue weighted by atomic mass is 16.4. The molecule has 3 aromatic carbocycles. The molecule has 7 rings (SSSR count). The molecule has 2 fully saturated rings. The van der Waals surface area contributed by atoms with Gasteiger partial charge in [0, 0.05) is 66.6 Å². The summed E-state index contributed by atoms with van der Waals surface area (Å²) >= 11 is 0. The van der Waals surface area contributed by atoms with Crippen LogP contribution in [0, 0.1) is 23.7 Å². The number of nitrogens with zero attached hydrogens (tertiary/aromatic N) is 2. The molecule has 0 spiro atoms. The first kappa shape index (κ1) is 96.6. The van der Waals surface area contributed by atoms with E-state index >= 15 is 0 Å². The minimum atomic E-state index is -1.92. The van der Waals surface area contributed by atoms with Gasteiger partial charge in [0.2, 0.25) is 76.8 Å². The van der Waals surface area contributed by atoms with Crippen molar-refractivity contribution < 1.29 is 97.5 Å². The van der Waals surface area contributed by atoms with Crippen LogP contribution in [0.3, 0.4) is 0 Å².